The maximum Gasteiger partial charge on any atom is 0.244 e. The summed E-state index contributed by atoms with van der Waals surface area (Å²) in [6.45, 7) is 1.43. The summed E-state index contributed by atoms with van der Waals surface area (Å²) in [7, 11) is -3.78. The topological polar surface area (TPSA) is 86.8 Å². The lowest BCUT2D eigenvalue weighted by Crippen LogP contribution is -2.52. The number of rotatable bonds is 9. The Kier molecular flexibility index (Phi) is 8.97. The summed E-state index contributed by atoms with van der Waals surface area (Å²) in [5.41, 5.74) is 1.14. The molecule has 1 fully saturated rings. The Morgan fingerprint density at radius 2 is 1.74 bits per heavy atom. The van der Waals surface area contributed by atoms with E-state index in [1.807, 2.05) is 30.3 Å². The zero-order valence-corrected chi connectivity index (χ0v) is 21.2. The van der Waals surface area contributed by atoms with E-state index in [1.165, 1.54) is 17.4 Å². The van der Waals surface area contributed by atoms with Crippen LogP contribution in [0.5, 0.6) is 0 Å². The number of carbonyl (C=O) groups excluding carboxylic acids is 2. The first-order valence-electron chi connectivity index (χ1n) is 11.5. The summed E-state index contributed by atoms with van der Waals surface area (Å²) in [4.78, 5) is 28.0. The Balaban J connectivity index is 1.84. The lowest BCUT2D eigenvalue weighted by molar-refractivity contribution is -0.139. The molecule has 184 valence electrons. The lowest BCUT2D eigenvalue weighted by atomic mass is 9.95. The van der Waals surface area contributed by atoms with Crippen LogP contribution in [-0.4, -0.2) is 50.0 Å². The van der Waals surface area contributed by atoms with Gasteiger partial charge in [-0.3, -0.25) is 13.9 Å². The molecule has 3 rings (SSSR count). The van der Waals surface area contributed by atoms with Gasteiger partial charge in [-0.15, -0.1) is 0 Å². The van der Waals surface area contributed by atoms with Crippen LogP contribution < -0.4 is 9.62 Å². The molecule has 34 heavy (non-hydrogen) atoms. The van der Waals surface area contributed by atoms with Crippen molar-refractivity contribution in [3.8, 4) is 0 Å². The highest BCUT2D eigenvalue weighted by Gasteiger charge is 2.31. The fraction of sp³-hybridized carbons (Fsp3) is 0.440. The van der Waals surface area contributed by atoms with Crippen molar-refractivity contribution in [3.05, 3.63) is 65.2 Å². The molecule has 2 amide bonds. The molecule has 1 aliphatic carbocycles. The number of halogens is 1. The molecule has 2 aromatic carbocycles. The van der Waals surface area contributed by atoms with Crippen molar-refractivity contribution in [1.29, 1.82) is 0 Å². The molecule has 0 heterocycles. The average Bonchev–Trinajstić information content (AvgIpc) is 2.81. The first-order chi connectivity index (χ1) is 16.1. The number of nitrogens with zero attached hydrogens (tertiary/aromatic N) is 2. The minimum absolute atomic E-state index is 0.108. The molecule has 0 spiro atoms. The molecule has 0 saturated heterocycles. The third-order valence-electron chi connectivity index (χ3n) is 6.09. The number of benzene rings is 2. The van der Waals surface area contributed by atoms with Crippen molar-refractivity contribution in [2.75, 3.05) is 17.1 Å². The van der Waals surface area contributed by atoms with E-state index in [2.05, 4.69) is 5.32 Å². The fourth-order valence-corrected chi connectivity index (χ4v) is 5.20. The minimum atomic E-state index is -3.78. The van der Waals surface area contributed by atoms with Gasteiger partial charge in [-0.1, -0.05) is 67.3 Å². The van der Waals surface area contributed by atoms with Gasteiger partial charge in [0, 0.05) is 17.6 Å². The number of anilines is 1. The monoisotopic (exact) mass is 505 g/mol. The van der Waals surface area contributed by atoms with Gasteiger partial charge in [-0.2, -0.15) is 0 Å². The van der Waals surface area contributed by atoms with E-state index in [9.17, 15) is 18.0 Å². The van der Waals surface area contributed by atoms with Crippen LogP contribution in [-0.2, 0) is 26.2 Å². The summed E-state index contributed by atoms with van der Waals surface area (Å²) in [6.07, 6.45) is 6.24. The molecule has 1 aliphatic rings. The van der Waals surface area contributed by atoms with E-state index in [-0.39, 0.29) is 18.5 Å². The van der Waals surface area contributed by atoms with E-state index in [0.717, 1.165) is 41.8 Å². The van der Waals surface area contributed by atoms with Crippen LogP contribution in [0.3, 0.4) is 0 Å². The van der Waals surface area contributed by atoms with Gasteiger partial charge in [0.15, 0.2) is 0 Å². The van der Waals surface area contributed by atoms with E-state index in [4.69, 9.17) is 11.6 Å². The zero-order chi connectivity index (χ0) is 24.7. The predicted molar refractivity (Wildman–Crippen MR) is 135 cm³/mol. The number of nitrogens with one attached hydrogen (secondary N) is 1. The van der Waals surface area contributed by atoms with Crippen LogP contribution in [0.15, 0.2) is 54.6 Å². The first kappa shape index (κ1) is 26.0. The third kappa shape index (κ3) is 7.21. The highest BCUT2D eigenvalue weighted by Crippen LogP contribution is 2.23. The van der Waals surface area contributed by atoms with E-state index >= 15 is 0 Å². The second kappa shape index (κ2) is 11.7. The van der Waals surface area contributed by atoms with Gasteiger partial charge in [-0.05, 0) is 43.5 Å². The van der Waals surface area contributed by atoms with E-state index < -0.39 is 28.5 Å². The molecule has 1 N–H and O–H groups in total. The second-order valence-electron chi connectivity index (χ2n) is 8.78. The summed E-state index contributed by atoms with van der Waals surface area (Å²) in [6, 6.07) is 15.0. The van der Waals surface area contributed by atoms with Crippen molar-refractivity contribution in [2.24, 2.45) is 0 Å². The molecule has 0 aromatic heterocycles. The molecule has 0 bridgehead atoms. The van der Waals surface area contributed by atoms with Gasteiger partial charge in [-0.25, -0.2) is 8.42 Å². The molecule has 0 radical (unpaired) electrons. The largest absolute Gasteiger partial charge is 0.352 e. The van der Waals surface area contributed by atoms with Gasteiger partial charge >= 0.3 is 0 Å². The van der Waals surface area contributed by atoms with Crippen LogP contribution in [0.2, 0.25) is 5.02 Å². The van der Waals surface area contributed by atoms with Gasteiger partial charge in [0.1, 0.15) is 12.6 Å². The van der Waals surface area contributed by atoms with Crippen molar-refractivity contribution in [3.63, 3.8) is 0 Å². The van der Waals surface area contributed by atoms with Crippen LogP contribution in [0.1, 0.15) is 44.6 Å². The molecule has 1 saturated carbocycles. The molecular weight excluding hydrogens is 474 g/mol. The number of hydrogen-bond acceptors (Lipinski definition) is 4. The predicted octanol–water partition coefficient (Wildman–Crippen LogP) is 3.97. The standard InChI is InChI=1S/C25H32ClN3O4S/c1-19(25(31)27-22-13-7-4-8-14-22)28(17-20-10-5-3-6-11-20)24(30)18-29(34(2,32)33)23-15-9-12-21(26)16-23/h3,5-6,9-12,15-16,19,22H,4,7-8,13-14,17-18H2,1-2H3,(H,27,31)/t19-/m1/s1. The second-order valence-corrected chi connectivity index (χ2v) is 11.1. The summed E-state index contributed by atoms with van der Waals surface area (Å²) in [5.74, 6) is -0.703. The number of carbonyl (C=O) groups is 2. The molecule has 7 nitrogen and oxygen atoms in total. The van der Waals surface area contributed by atoms with Crippen LogP contribution in [0, 0.1) is 0 Å². The molecule has 1 atom stereocenters. The molecular formula is C25H32ClN3O4S. The molecule has 2 aromatic rings. The first-order valence-corrected chi connectivity index (χ1v) is 13.7. The third-order valence-corrected chi connectivity index (χ3v) is 7.47. The quantitative estimate of drug-likeness (QED) is 0.558. The number of sulfonamides is 1. The van der Waals surface area contributed by atoms with Gasteiger partial charge in [0.2, 0.25) is 21.8 Å². The summed E-state index contributed by atoms with van der Waals surface area (Å²) >= 11 is 6.06. The Morgan fingerprint density at radius 3 is 2.35 bits per heavy atom. The van der Waals surface area contributed by atoms with E-state index in [1.54, 1.807) is 25.1 Å². The Morgan fingerprint density at radius 1 is 1.06 bits per heavy atom. The fourth-order valence-electron chi connectivity index (χ4n) is 4.18. The SMILES string of the molecule is C[C@H](C(=O)NC1CCCCC1)N(Cc1ccccc1)C(=O)CN(c1cccc(Cl)c1)S(C)(=O)=O. The maximum atomic E-state index is 13.5. The van der Waals surface area contributed by atoms with Crippen molar-refractivity contribution < 1.29 is 18.0 Å². The average molecular weight is 506 g/mol. The van der Waals surface area contributed by atoms with Crippen molar-refractivity contribution >= 4 is 39.1 Å². The maximum absolute atomic E-state index is 13.5. The number of hydrogen-bond donors (Lipinski definition) is 1. The Labute approximate surface area is 207 Å². The van der Waals surface area contributed by atoms with E-state index in [0.29, 0.717) is 10.7 Å². The van der Waals surface area contributed by atoms with Crippen LogP contribution >= 0.6 is 11.6 Å². The summed E-state index contributed by atoms with van der Waals surface area (Å²) in [5, 5.41) is 3.44. The zero-order valence-electron chi connectivity index (χ0n) is 19.6. The summed E-state index contributed by atoms with van der Waals surface area (Å²) < 4.78 is 26.1. The molecule has 9 heteroatoms. The number of amides is 2. The van der Waals surface area contributed by atoms with Crippen LogP contribution in [0.4, 0.5) is 5.69 Å². The minimum Gasteiger partial charge on any atom is -0.352 e. The Hall–Kier alpha value is -2.58. The van der Waals surface area contributed by atoms with Crippen molar-refractivity contribution in [2.45, 2.75) is 57.7 Å². The Bertz CT molecular complexity index is 1090. The molecule has 0 aliphatic heterocycles. The molecule has 0 unspecified atom stereocenters. The van der Waals surface area contributed by atoms with Gasteiger partial charge in [0.25, 0.3) is 0 Å². The smallest absolute Gasteiger partial charge is 0.244 e. The highest BCUT2D eigenvalue weighted by molar-refractivity contribution is 7.92. The van der Waals surface area contributed by atoms with Crippen LogP contribution in [0.25, 0.3) is 0 Å². The normalized spacial score (nSPS) is 15.4. The van der Waals surface area contributed by atoms with Gasteiger partial charge < -0.3 is 10.2 Å². The van der Waals surface area contributed by atoms with Crippen molar-refractivity contribution in [1.82, 2.24) is 10.2 Å². The highest BCUT2D eigenvalue weighted by atomic mass is 35.5. The van der Waals surface area contributed by atoms with Gasteiger partial charge in [0.05, 0.1) is 11.9 Å². The lowest BCUT2D eigenvalue weighted by Gasteiger charge is -2.33.